The number of thiophene rings is 1. The van der Waals surface area contributed by atoms with Gasteiger partial charge in [-0.3, -0.25) is 9.59 Å². The van der Waals surface area contributed by atoms with Crippen LogP contribution >= 0.6 is 11.3 Å². The summed E-state index contributed by atoms with van der Waals surface area (Å²) >= 11 is 1.32. The highest BCUT2D eigenvalue weighted by atomic mass is 32.1. The predicted octanol–water partition coefficient (Wildman–Crippen LogP) is 1.74. The first kappa shape index (κ1) is 12.9. The molecular formula is C12H15NO4S. The van der Waals surface area contributed by atoms with Crippen LogP contribution in [-0.4, -0.2) is 30.1 Å². The van der Waals surface area contributed by atoms with Crippen LogP contribution in [0.25, 0.3) is 0 Å². The monoisotopic (exact) mass is 269 g/mol. The van der Waals surface area contributed by atoms with Crippen molar-refractivity contribution < 1.29 is 19.4 Å². The van der Waals surface area contributed by atoms with E-state index in [0.29, 0.717) is 23.5 Å². The topological polar surface area (TPSA) is 75.6 Å². The first-order valence-corrected chi connectivity index (χ1v) is 6.65. The van der Waals surface area contributed by atoms with E-state index in [1.807, 2.05) is 0 Å². The maximum Gasteiger partial charge on any atom is 0.306 e. The van der Waals surface area contributed by atoms with E-state index >= 15 is 0 Å². The summed E-state index contributed by atoms with van der Waals surface area (Å²) in [6, 6.07) is 1.69. The zero-order valence-corrected chi connectivity index (χ0v) is 10.8. The third-order valence-electron chi connectivity index (χ3n) is 3.17. The van der Waals surface area contributed by atoms with Gasteiger partial charge in [0.15, 0.2) is 0 Å². The smallest absolute Gasteiger partial charge is 0.306 e. The van der Waals surface area contributed by atoms with E-state index in [1.54, 1.807) is 11.4 Å². The predicted molar refractivity (Wildman–Crippen MR) is 67.1 cm³/mol. The molecule has 1 heterocycles. The molecule has 6 heteroatoms. The molecule has 1 aliphatic rings. The van der Waals surface area contributed by atoms with Crippen LogP contribution in [0.15, 0.2) is 11.4 Å². The number of aliphatic carboxylic acids is 1. The van der Waals surface area contributed by atoms with Crippen molar-refractivity contribution in [2.75, 3.05) is 7.11 Å². The lowest BCUT2D eigenvalue weighted by Crippen LogP contribution is -2.33. The highest BCUT2D eigenvalue weighted by Crippen LogP contribution is 2.28. The normalized spacial score (nSPS) is 22.7. The van der Waals surface area contributed by atoms with E-state index in [4.69, 9.17) is 9.84 Å². The zero-order chi connectivity index (χ0) is 13.1. The molecule has 1 aliphatic carbocycles. The molecule has 0 unspecified atom stereocenters. The summed E-state index contributed by atoms with van der Waals surface area (Å²) < 4.78 is 5.09. The van der Waals surface area contributed by atoms with Crippen LogP contribution in [0.3, 0.4) is 0 Å². The zero-order valence-electron chi connectivity index (χ0n) is 10.0. The maximum absolute atomic E-state index is 12.0. The maximum atomic E-state index is 12.0. The van der Waals surface area contributed by atoms with Crippen LogP contribution in [0.1, 0.15) is 28.9 Å². The Balaban J connectivity index is 1.95. The molecule has 0 radical (unpaired) electrons. The highest BCUT2D eigenvalue weighted by Gasteiger charge is 2.31. The van der Waals surface area contributed by atoms with E-state index < -0.39 is 5.97 Å². The van der Waals surface area contributed by atoms with Crippen LogP contribution in [0.5, 0.6) is 5.75 Å². The summed E-state index contributed by atoms with van der Waals surface area (Å²) in [6.07, 6.45) is 1.85. The van der Waals surface area contributed by atoms with Gasteiger partial charge in [-0.2, -0.15) is 0 Å². The summed E-state index contributed by atoms with van der Waals surface area (Å²) in [4.78, 5) is 23.4. The molecule has 1 fully saturated rings. The lowest BCUT2D eigenvalue weighted by molar-refractivity contribution is -0.141. The molecule has 2 atom stereocenters. The molecule has 98 valence electrons. The molecule has 1 saturated carbocycles. The summed E-state index contributed by atoms with van der Waals surface area (Å²) in [6.45, 7) is 0. The second-order valence-electron chi connectivity index (χ2n) is 4.34. The number of rotatable bonds is 4. The van der Waals surface area contributed by atoms with Crippen molar-refractivity contribution in [2.45, 2.75) is 25.3 Å². The van der Waals surface area contributed by atoms with Gasteiger partial charge in [0.2, 0.25) is 0 Å². The molecule has 5 nitrogen and oxygen atoms in total. The minimum Gasteiger partial charge on any atom is -0.495 e. The third kappa shape index (κ3) is 2.64. The van der Waals surface area contributed by atoms with Crippen molar-refractivity contribution in [3.63, 3.8) is 0 Å². The number of hydrogen-bond donors (Lipinski definition) is 2. The molecule has 2 rings (SSSR count). The van der Waals surface area contributed by atoms with Crippen LogP contribution < -0.4 is 10.1 Å². The average Bonchev–Trinajstić information content (AvgIpc) is 2.96. The van der Waals surface area contributed by atoms with Crippen molar-refractivity contribution in [1.82, 2.24) is 5.32 Å². The number of nitrogens with one attached hydrogen (secondary N) is 1. The second kappa shape index (κ2) is 5.39. The van der Waals surface area contributed by atoms with Gasteiger partial charge in [-0.1, -0.05) is 0 Å². The Hall–Kier alpha value is -1.56. The highest BCUT2D eigenvalue weighted by molar-refractivity contribution is 7.12. The Bertz CT molecular complexity index is 457. The summed E-state index contributed by atoms with van der Waals surface area (Å²) in [7, 11) is 1.52. The average molecular weight is 269 g/mol. The standard InChI is InChI=1S/C12H15NO4S/c1-17-9-4-5-18-10(9)11(14)13-8-3-2-7(6-8)12(15)16/h4-5,7-8H,2-3,6H2,1H3,(H,13,14)(H,15,16)/t7-,8+/m1/s1. The number of carbonyl (C=O) groups excluding carboxylic acids is 1. The molecule has 1 amide bonds. The Morgan fingerprint density at radius 2 is 2.28 bits per heavy atom. The molecule has 2 N–H and O–H groups in total. The summed E-state index contributed by atoms with van der Waals surface area (Å²) in [5, 5.41) is 13.6. The first-order valence-electron chi connectivity index (χ1n) is 5.77. The van der Waals surface area contributed by atoms with Gasteiger partial charge < -0.3 is 15.2 Å². The number of methoxy groups -OCH3 is 1. The van der Waals surface area contributed by atoms with Gasteiger partial charge in [0.05, 0.1) is 13.0 Å². The minimum absolute atomic E-state index is 0.0505. The van der Waals surface area contributed by atoms with Gasteiger partial charge in [-0.25, -0.2) is 0 Å². The van der Waals surface area contributed by atoms with Crippen LogP contribution in [0.2, 0.25) is 0 Å². The van der Waals surface area contributed by atoms with Gasteiger partial charge in [0, 0.05) is 6.04 Å². The molecule has 0 bridgehead atoms. The van der Waals surface area contributed by atoms with Crippen molar-refractivity contribution in [2.24, 2.45) is 5.92 Å². The van der Waals surface area contributed by atoms with Gasteiger partial charge in [0.25, 0.3) is 5.91 Å². The van der Waals surface area contributed by atoms with E-state index in [9.17, 15) is 9.59 Å². The molecule has 1 aromatic rings. The summed E-state index contributed by atoms with van der Waals surface area (Å²) in [5.41, 5.74) is 0. The molecular weight excluding hydrogens is 254 g/mol. The Morgan fingerprint density at radius 3 is 2.89 bits per heavy atom. The van der Waals surface area contributed by atoms with Crippen molar-refractivity contribution >= 4 is 23.2 Å². The number of carboxylic acid groups (broad SMARTS) is 1. The molecule has 0 aromatic carbocycles. The quantitative estimate of drug-likeness (QED) is 0.873. The molecule has 0 saturated heterocycles. The largest absolute Gasteiger partial charge is 0.495 e. The van der Waals surface area contributed by atoms with E-state index in [-0.39, 0.29) is 17.9 Å². The fourth-order valence-electron chi connectivity index (χ4n) is 2.21. The minimum atomic E-state index is -0.777. The van der Waals surface area contributed by atoms with Crippen LogP contribution in [0, 0.1) is 5.92 Å². The van der Waals surface area contributed by atoms with Crippen molar-refractivity contribution in [1.29, 1.82) is 0 Å². The van der Waals surface area contributed by atoms with Gasteiger partial charge in [-0.15, -0.1) is 11.3 Å². The molecule has 1 aromatic heterocycles. The Kier molecular flexibility index (Phi) is 3.86. The summed E-state index contributed by atoms with van der Waals surface area (Å²) in [5.74, 6) is -0.732. The SMILES string of the molecule is COc1ccsc1C(=O)N[C@H]1CC[C@@H](C(=O)O)C1. The van der Waals surface area contributed by atoms with Crippen molar-refractivity contribution in [3.05, 3.63) is 16.3 Å². The number of hydrogen-bond acceptors (Lipinski definition) is 4. The fraction of sp³-hybridized carbons (Fsp3) is 0.500. The van der Waals surface area contributed by atoms with E-state index in [1.165, 1.54) is 18.4 Å². The molecule has 0 spiro atoms. The van der Waals surface area contributed by atoms with Crippen LogP contribution in [-0.2, 0) is 4.79 Å². The Morgan fingerprint density at radius 1 is 1.50 bits per heavy atom. The number of carboxylic acids is 1. The molecule has 0 aliphatic heterocycles. The lowest BCUT2D eigenvalue weighted by Gasteiger charge is -2.12. The molecule has 18 heavy (non-hydrogen) atoms. The second-order valence-corrected chi connectivity index (χ2v) is 5.25. The first-order chi connectivity index (χ1) is 8.61. The van der Waals surface area contributed by atoms with E-state index in [0.717, 1.165) is 6.42 Å². The lowest BCUT2D eigenvalue weighted by atomic mass is 10.1. The third-order valence-corrected chi connectivity index (χ3v) is 4.07. The number of amides is 1. The van der Waals surface area contributed by atoms with Crippen LogP contribution in [0.4, 0.5) is 0 Å². The van der Waals surface area contributed by atoms with Crippen molar-refractivity contribution in [3.8, 4) is 5.75 Å². The number of carbonyl (C=O) groups is 2. The van der Waals surface area contributed by atoms with E-state index in [2.05, 4.69) is 5.32 Å². The van der Waals surface area contributed by atoms with Gasteiger partial charge in [-0.05, 0) is 30.7 Å². The number of ether oxygens (including phenoxy) is 1. The Labute approximate surface area is 109 Å². The van der Waals surface area contributed by atoms with Gasteiger partial charge >= 0.3 is 5.97 Å². The van der Waals surface area contributed by atoms with Gasteiger partial charge in [0.1, 0.15) is 10.6 Å². The fourth-order valence-corrected chi connectivity index (χ4v) is 2.97.